The van der Waals surface area contributed by atoms with E-state index in [1.807, 2.05) is 30.5 Å². The van der Waals surface area contributed by atoms with Crippen LogP contribution in [0.4, 0.5) is 0 Å². The molecule has 0 saturated heterocycles. The highest BCUT2D eigenvalue weighted by molar-refractivity contribution is 6.27. The minimum absolute atomic E-state index is 0.701. The Morgan fingerprint density at radius 1 is 0.327 bits per heavy atom. The molecule has 10 rings (SSSR count). The van der Waals surface area contributed by atoms with Gasteiger partial charge in [-0.3, -0.25) is 4.98 Å². The lowest BCUT2D eigenvalue weighted by molar-refractivity contribution is 1.18. The molecule has 0 aliphatic rings. The van der Waals surface area contributed by atoms with Gasteiger partial charge in [-0.25, -0.2) is 9.97 Å². The summed E-state index contributed by atoms with van der Waals surface area (Å²) in [7, 11) is 0. The second-order valence-electron chi connectivity index (χ2n) is 13.2. The summed E-state index contributed by atoms with van der Waals surface area (Å²) < 4.78 is 0. The second kappa shape index (κ2) is 12.4. The molecular formula is C49H31N3. The fourth-order valence-electron chi connectivity index (χ4n) is 7.59. The molecule has 0 radical (unpaired) electrons. The van der Waals surface area contributed by atoms with Crippen LogP contribution in [0.25, 0.3) is 99.6 Å². The maximum absolute atomic E-state index is 5.15. The van der Waals surface area contributed by atoms with Gasteiger partial charge in [0.2, 0.25) is 0 Å². The number of rotatable bonds is 6. The Bertz CT molecular complexity index is 2870. The predicted octanol–water partition coefficient (Wildman–Crippen LogP) is 12.8. The number of pyridine rings is 1. The van der Waals surface area contributed by atoms with Gasteiger partial charge >= 0.3 is 0 Å². The molecule has 0 atom stereocenters. The number of nitrogens with zero attached hydrogens (tertiary/aromatic N) is 3. The van der Waals surface area contributed by atoms with Gasteiger partial charge in [0.1, 0.15) is 0 Å². The second-order valence-corrected chi connectivity index (χ2v) is 13.2. The number of aromatic nitrogens is 3. The average molecular weight is 662 g/mol. The molecule has 0 aliphatic heterocycles. The van der Waals surface area contributed by atoms with E-state index in [1.54, 1.807) is 6.20 Å². The van der Waals surface area contributed by atoms with Crippen LogP contribution in [0.1, 0.15) is 0 Å². The molecule has 0 N–H and O–H groups in total. The first kappa shape index (κ1) is 29.9. The summed E-state index contributed by atoms with van der Waals surface area (Å²) in [5.41, 5.74) is 11.9. The Labute approximate surface area is 301 Å². The molecule has 0 amide bonds. The smallest absolute Gasteiger partial charge is 0.160 e. The van der Waals surface area contributed by atoms with Crippen molar-refractivity contribution in [2.45, 2.75) is 0 Å². The van der Waals surface area contributed by atoms with Crippen LogP contribution < -0.4 is 0 Å². The third-order valence-corrected chi connectivity index (χ3v) is 10.2. The van der Waals surface area contributed by atoms with Crippen molar-refractivity contribution >= 4 is 32.3 Å². The number of hydrogen-bond acceptors (Lipinski definition) is 3. The zero-order chi connectivity index (χ0) is 34.4. The van der Waals surface area contributed by atoms with Gasteiger partial charge in [0.25, 0.3) is 0 Å². The Morgan fingerprint density at radius 2 is 0.865 bits per heavy atom. The molecule has 0 saturated carbocycles. The summed E-state index contributed by atoms with van der Waals surface area (Å²) in [5, 5.41) is 7.66. The summed E-state index contributed by atoms with van der Waals surface area (Å²) >= 11 is 0. The molecule has 2 heterocycles. The molecule has 0 fully saturated rings. The quantitative estimate of drug-likeness (QED) is 0.166. The lowest BCUT2D eigenvalue weighted by atomic mass is 9.87. The number of benzene rings is 8. The largest absolute Gasteiger partial charge is 0.264 e. The highest BCUT2D eigenvalue weighted by atomic mass is 14.9. The molecule has 52 heavy (non-hydrogen) atoms. The minimum Gasteiger partial charge on any atom is -0.264 e. The van der Waals surface area contributed by atoms with Crippen LogP contribution in [0.15, 0.2) is 188 Å². The van der Waals surface area contributed by atoms with Crippen molar-refractivity contribution in [1.82, 2.24) is 15.0 Å². The molecule has 2 aromatic heterocycles. The summed E-state index contributed by atoms with van der Waals surface area (Å²) in [6.07, 6.45) is 3.69. The van der Waals surface area contributed by atoms with Crippen LogP contribution in [-0.4, -0.2) is 15.0 Å². The number of hydrogen-bond donors (Lipinski definition) is 0. The first-order chi connectivity index (χ1) is 25.8. The van der Waals surface area contributed by atoms with Crippen LogP contribution >= 0.6 is 0 Å². The monoisotopic (exact) mass is 661 g/mol. The Kier molecular flexibility index (Phi) is 7.14. The van der Waals surface area contributed by atoms with Gasteiger partial charge in [-0.1, -0.05) is 158 Å². The van der Waals surface area contributed by atoms with Crippen LogP contribution in [0, 0.1) is 0 Å². The molecule has 242 valence electrons. The van der Waals surface area contributed by atoms with Crippen molar-refractivity contribution in [2.24, 2.45) is 0 Å². The molecule has 8 aromatic carbocycles. The van der Waals surface area contributed by atoms with Crippen molar-refractivity contribution < 1.29 is 0 Å². The van der Waals surface area contributed by atoms with Crippen LogP contribution in [0.3, 0.4) is 0 Å². The van der Waals surface area contributed by atoms with Crippen molar-refractivity contribution in [3.63, 3.8) is 0 Å². The van der Waals surface area contributed by atoms with E-state index in [2.05, 4.69) is 157 Å². The predicted molar refractivity (Wildman–Crippen MR) is 216 cm³/mol. The Morgan fingerprint density at radius 3 is 1.52 bits per heavy atom. The van der Waals surface area contributed by atoms with Gasteiger partial charge in [0.15, 0.2) is 5.82 Å². The van der Waals surface area contributed by atoms with Crippen molar-refractivity contribution in [3.05, 3.63) is 188 Å². The van der Waals surface area contributed by atoms with Crippen molar-refractivity contribution in [1.29, 1.82) is 0 Å². The van der Waals surface area contributed by atoms with Crippen LogP contribution in [0.2, 0.25) is 0 Å². The normalized spacial score (nSPS) is 11.5. The Balaban J connectivity index is 1.11. The van der Waals surface area contributed by atoms with Crippen molar-refractivity contribution in [3.8, 4) is 67.3 Å². The van der Waals surface area contributed by atoms with E-state index in [0.29, 0.717) is 5.82 Å². The molecule has 3 heteroatoms. The Hall–Kier alpha value is -6.97. The van der Waals surface area contributed by atoms with E-state index < -0.39 is 0 Å². The van der Waals surface area contributed by atoms with Gasteiger partial charge < -0.3 is 0 Å². The zero-order valence-corrected chi connectivity index (χ0v) is 28.2. The topological polar surface area (TPSA) is 38.7 Å². The van der Waals surface area contributed by atoms with Gasteiger partial charge in [0.05, 0.1) is 11.4 Å². The fourth-order valence-corrected chi connectivity index (χ4v) is 7.59. The van der Waals surface area contributed by atoms with E-state index in [4.69, 9.17) is 9.97 Å². The molecule has 0 spiro atoms. The van der Waals surface area contributed by atoms with Gasteiger partial charge in [-0.2, -0.15) is 0 Å². The molecule has 0 aliphatic carbocycles. The molecule has 0 bridgehead atoms. The first-order valence-electron chi connectivity index (χ1n) is 17.6. The lowest BCUT2D eigenvalue weighted by Crippen LogP contribution is -1.96. The first-order valence-corrected chi connectivity index (χ1v) is 17.6. The highest BCUT2D eigenvalue weighted by Crippen LogP contribution is 2.43. The standard InChI is InChI=1S/C49H31N3/c1-3-9-33(10-4-1)41-24-20-35-23-27-44-42(25-21-36-22-26-43(41)47(35)48(36)44)38-13-7-14-39(29-38)46-30-45(51-49(52-46)37-11-5-2-6-12-37)34-18-16-32(17-19-34)40-15-8-28-50-31-40/h1-31H. The summed E-state index contributed by atoms with van der Waals surface area (Å²) in [6.45, 7) is 0. The molecular weight excluding hydrogens is 631 g/mol. The summed E-state index contributed by atoms with van der Waals surface area (Å²) in [6, 6.07) is 62.6. The van der Waals surface area contributed by atoms with E-state index in [9.17, 15) is 0 Å². The van der Waals surface area contributed by atoms with E-state index >= 15 is 0 Å². The van der Waals surface area contributed by atoms with E-state index in [0.717, 1.165) is 44.8 Å². The van der Waals surface area contributed by atoms with Crippen LogP contribution in [-0.2, 0) is 0 Å². The molecule has 3 nitrogen and oxygen atoms in total. The molecule has 10 aromatic rings. The van der Waals surface area contributed by atoms with Crippen LogP contribution in [0.5, 0.6) is 0 Å². The maximum atomic E-state index is 5.15. The van der Waals surface area contributed by atoms with E-state index in [-0.39, 0.29) is 0 Å². The summed E-state index contributed by atoms with van der Waals surface area (Å²) in [5.74, 6) is 0.701. The van der Waals surface area contributed by atoms with Gasteiger partial charge in [-0.05, 0) is 83.9 Å². The minimum atomic E-state index is 0.701. The summed E-state index contributed by atoms with van der Waals surface area (Å²) in [4.78, 5) is 14.5. The zero-order valence-electron chi connectivity index (χ0n) is 28.2. The van der Waals surface area contributed by atoms with Gasteiger partial charge in [-0.15, -0.1) is 0 Å². The SMILES string of the molecule is c1ccc(-c2nc(-c3ccc(-c4cccnc4)cc3)cc(-c3cccc(-c4ccc5ccc6c(-c7ccccc7)ccc7ccc4c5c76)c3)n2)cc1. The molecule has 0 unspecified atom stereocenters. The third-order valence-electron chi connectivity index (χ3n) is 10.2. The maximum Gasteiger partial charge on any atom is 0.160 e. The average Bonchev–Trinajstić information content (AvgIpc) is 3.23. The van der Waals surface area contributed by atoms with Crippen molar-refractivity contribution in [2.75, 3.05) is 0 Å². The van der Waals surface area contributed by atoms with Gasteiger partial charge in [0, 0.05) is 29.1 Å². The fraction of sp³-hybridized carbons (Fsp3) is 0. The van der Waals surface area contributed by atoms with E-state index in [1.165, 1.54) is 49.0 Å². The highest BCUT2D eigenvalue weighted by Gasteiger charge is 2.16. The third kappa shape index (κ3) is 5.19. The lowest BCUT2D eigenvalue weighted by Gasteiger charge is -2.17.